The minimum Gasteiger partial charge on any atom is -0.504 e. The molecule has 2 aliphatic rings. The highest BCUT2D eigenvalue weighted by molar-refractivity contribution is 6.00. The standard InChI is InChI=1S/C30H36N4O10/c1-15-19(26(30(43)44)34-25(15)24(16(2)35)29(34)42)14-33(11-9-32-28(41)18-5-7-21(37)23(39)13-18)10-3-8-31-27(40)17-4-6-20(36)22(38)12-17/h4-7,12-13,15-16,24-25,35-39H,3,8-11,14H2,1-2H3,(H,31,40)(H,32,41)(H,43,44)/t15-,16+,24?,25+/m0/s1. The molecule has 44 heavy (non-hydrogen) atoms. The number of β-lactam (4-membered cyclic amide) rings is 1. The fourth-order valence-electron chi connectivity index (χ4n) is 5.73. The fourth-order valence-corrected chi connectivity index (χ4v) is 5.73. The van der Waals surface area contributed by atoms with E-state index >= 15 is 0 Å². The van der Waals surface area contributed by atoms with Gasteiger partial charge in [-0.2, -0.15) is 0 Å². The van der Waals surface area contributed by atoms with Crippen molar-refractivity contribution in [3.05, 3.63) is 58.8 Å². The summed E-state index contributed by atoms with van der Waals surface area (Å²) in [6.07, 6.45) is -0.521. The molecule has 4 atom stereocenters. The van der Waals surface area contributed by atoms with Crippen molar-refractivity contribution in [2.45, 2.75) is 32.4 Å². The molecule has 0 spiro atoms. The fraction of sp³-hybridized carbons (Fsp3) is 0.400. The number of rotatable bonds is 13. The molecule has 0 bridgehead atoms. The molecule has 2 aromatic rings. The van der Waals surface area contributed by atoms with E-state index in [0.29, 0.717) is 18.5 Å². The largest absolute Gasteiger partial charge is 0.504 e. The van der Waals surface area contributed by atoms with Crippen molar-refractivity contribution in [3.63, 3.8) is 0 Å². The SMILES string of the molecule is C[C@@H](O)C1C(=O)N2C(C(=O)O)=C(CN(CCCNC(=O)c3ccc(O)c(O)c3)CCNC(=O)c3ccc(O)c(O)c3)[C@H](C)[C@H]12. The second kappa shape index (κ2) is 13.2. The summed E-state index contributed by atoms with van der Waals surface area (Å²) in [6.45, 7) is 4.43. The number of aliphatic hydroxyl groups is 1. The van der Waals surface area contributed by atoms with Crippen LogP contribution in [0.25, 0.3) is 0 Å². The van der Waals surface area contributed by atoms with Crippen LogP contribution in [0.4, 0.5) is 0 Å². The molecular weight excluding hydrogens is 576 g/mol. The van der Waals surface area contributed by atoms with E-state index in [0.717, 1.165) is 12.1 Å². The lowest BCUT2D eigenvalue weighted by Crippen LogP contribution is -2.63. The van der Waals surface area contributed by atoms with Crippen LogP contribution in [0, 0.1) is 11.8 Å². The van der Waals surface area contributed by atoms with Crippen molar-refractivity contribution < 1.29 is 49.8 Å². The van der Waals surface area contributed by atoms with Crippen LogP contribution in [0.1, 0.15) is 41.0 Å². The van der Waals surface area contributed by atoms with Gasteiger partial charge in [0.15, 0.2) is 23.0 Å². The Kier molecular flexibility index (Phi) is 9.65. The average molecular weight is 613 g/mol. The van der Waals surface area contributed by atoms with Gasteiger partial charge in [0.2, 0.25) is 5.91 Å². The topological polar surface area (TPSA) is 220 Å². The Labute approximate surface area is 252 Å². The molecular formula is C30H36N4O10. The number of aliphatic hydroxyl groups excluding tert-OH is 1. The number of hydrogen-bond donors (Lipinski definition) is 8. The number of hydrogen-bond acceptors (Lipinski definition) is 10. The zero-order valence-electron chi connectivity index (χ0n) is 24.2. The van der Waals surface area contributed by atoms with Crippen molar-refractivity contribution in [1.82, 2.24) is 20.4 Å². The quantitative estimate of drug-likeness (QED) is 0.0887. The van der Waals surface area contributed by atoms with Gasteiger partial charge in [-0.25, -0.2) is 4.79 Å². The Hall–Kier alpha value is -4.82. The van der Waals surface area contributed by atoms with E-state index in [1.807, 2.05) is 11.8 Å². The number of fused-ring (bicyclic) bond motifs is 1. The van der Waals surface area contributed by atoms with Gasteiger partial charge in [-0.15, -0.1) is 0 Å². The number of carbonyl (C=O) groups excluding carboxylic acids is 3. The van der Waals surface area contributed by atoms with Gasteiger partial charge in [0.1, 0.15) is 5.70 Å². The van der Waals surface area contributed by atoms with E-state index in [1.165, 1.54) is 36.1 Å². The zero-order valence-corrected chi connectivity index (χ0v) is 24.2. The molecule has 2 aromatic carbocycles. The number of phenols is 4. The summed E-state index contributed by atoms with van der Waals surface area (Å²) in [7, 11) is 0. The summed E-state index contributed by atoms with van der Waals surface area (Å²) in [5.41, 5.74) is 0.677. The molecule has 1 saturated heterocycles. The van der Waals surface area contributed by atoms with Crippen LogP contribution in [0.5, 0.6) is 23.0 Å². The van der Waals surface area contributed by atoms with Crippen molar-refractivity contribution in [1.29, 1.82) is 0 Å². The van der Waals surface area contributed by atoms with Crippen LogP contribution in [-0.4, -0.2) is 109 Å². The van der Waals surface area contributed by atoms with E-state index in [1.54, 1.807) is 0 Å². The maximum Gasteiger partial charge on any atom is 0.352 e. The maximum atomic E-state index is 12.7. The van der Waals surface area contributed by atoms with Crippen LogP contribution in [0.3, 0.4) is 0 Å². The number of benzene rings is 2. The third-order valence-electron chi connectivity index (χ3n) is 8.04. The molecule has 4 rings (SSSR count). The number of carbonyl (C=O) groups is 4. The summed E-state index contributed by atoms with van der Waals surface area (Å²) in [4.78, 5) is 53.2. The number of carboxylic acid groups (broad SMARTS) is 1. The Balaban J connectivity index is 1.44. The highest BCUT2D eigenvalue weighted by atomic mass is 16.4. The predicted octanol–water partition coefficient (Wildman–Crippen LogP) is 0.557. The number of aliphatic carboxylic acids is 1. The molecule has 3 amide bonds. The maximum absolute atomic E-state index is 12.7. The summed E-state index contributed by atoms with van der Waals surface area (Å²) in [5, 5.41) is 63.9. The molecule has 1 unspecified atom stereocenters. The smallest absolute Gasteiger partial charge is 0.352 e. The van der Waals surface area contributed by atoms with Crippen LogP contribution in [-0.2, 0) is 9.59 Å². The summed E-state index contributed by atoms with van der Waals surface area (Å²) in [5.74, 6) is -5.31. The third-order valence-corrected chi connectivity index (χ3v) is 8.04. The Morgan fingerprint density at radius 3 is 1.93 bits per heavy atom. The Bertz CT molecular complexity index is 1490. The summed E-state index contributed by atoms with van der Waals surface area (Å²) < 4.78 is 0. The summed E-state index contributed by atoms with van der Waals surface area (Å²) >= 11 is 0. The number of phenolic OH excluding ortho intramolecular Hbond substituents is 4. The number of amides is 3. The molecule has 0 aromatic heterocycles. The minimum atomic E-state index is -1.25. The highest BCUT2D eigenvalue weighted by Crippen LogP contribution is 2.47. The zero-order chi connectivity index (χ0) is 32.3. The van der Waals surface area contributed by atoms with Gasteiger partial charge < -0.3 is 46.2 Å². The van der Waals surface area contributed by atoms with Crippen LogP contribution in [0.2, 0.25) is 0 Å². The van der Waals surface area contributed by atoms with Gasteiger partial charge >= 0.3 is 5.97 Å². The first-order valence-corrected chi connectivity index (χ1v) is 14.1. The van der Waals surface area contributed by atoms with E-state index in [-0.39, 0.29) is 60.4 Å². The van der Waals surface area contributed by atoms with E-state index in [4.69, 9.17) is 0 Å². The Morgan fingerprint density at radius 2 is 1.43 bits per heavy atom. The molecule has 2 heterocycles. The molecule has 0 aliphatic carbocycles. The monoisotopic (exact) mass is 612 g/mol. The first-order chi connectivity index (χ1) is 20.8. The molecule has 14 heteroatoms. The van der Waals surface area contributed by atoms with Crippen LogP contribution >= 0.6 is 0 Å². The van der Waals surface area contributed by atoms with Crippen molar-refractivity contribution in [2.24, 2.45) is 11.8 Å². The van der Waals surface area contributed by atoms with Gasteiger partial charge in [0.05, 0.1) is 18.1 Å². The predicted molar refractivity (Wildman–Crippen MR) is 155 cm³/mol. The molecule has 14 nitrogen and oxygen atoms in total. The van der Waals surface area contributed by atoms with Gasteiger partial charge in [-0.1, -0.05) is 6.92 Å². The lowest BCUT2D eigenvalue weighted by atomic mass is 9.77. The molecule has 2 aliphatic heterocycles. The number of nitrogens with one attached hydrogen (secondary N) is 2. The van der Waals surface area contributed by atoms with Gasteiger partial charge in [0, 0.05) is 49.8 Å². The number of nitrogens with zero attached hydrogens (tertiary/aromatic N) is 2. The van der Waals surface area contributed by atoms with Crippen LogP contribution in [0.15, 0.2) is 47.7 Å². The van der Waals surface area contributed by atoms with Crippen LogP contribution < -0.4 is 10.6 Å². The molecule has 236 valence electrons. The Morgan fingerprint density at radius 1 is 0.886 bits per heavy atom. The van der Waals surface area contributed by atoms with Crippen molar-refractivity contribution in [2.75, 3.05) is 32.7 Å². The lowest BCUT2D eigenvalue weighted by molar-refractivity contribution is -0.163. The molecule has 8 N–H and O–H groups in total. The average Bonchev–Trinajstić information content (AvgIpc) is 3.20. The van der Waals surface area contributed by atoms with E-state index in [9.17, 15) is 49.8 Å². The lowest BCUT2D eigenvalue weighted by Gasteiger charge is -2.46. The minimum absolute atomic E-state index is 0.113. The third kappa shape index (κ3) is 6.55. The second-order valence-corrected chi connectivity index (χ2v) is 11.0. The molecule has 0 radical (unpaired) electrons. The first kappa shape index (κ1) is 32.1. The highest BCUT2D eigenvalue weighted by Gasteiger charge is 2.59. The number of aromatic hydroxyl groups is 4. The van der Waals surface area contributed by atoms with Gasteiger partial charge in [0.25, 0.3) is 11.8 Å². The van der Waals surface area contributed by atoms with E-state index in [2.05, 4.69) is 10.6 Å². The molecule has 0 saturated carbocycles. The normalized spacial score (nSPS) is 19.9. The van der Waals surface area contributed by atoms with Crippen molar-refractivity contribution in [3.8, 4) is 23.0 Å². The van der Waals surface area contributed by atoms with Gasteiger partial charge in [-0.3, -0.25) is 19.3 Å². The second-order valence-electron chi connectivity index (χ2n) is 11.0. The van der Waals surface area contributed by atoms with E-state index < -0.39 is 53.3 Å². The number of carboxylic acids is 1. The van der Waals surface area contributed by atoms with Crippen molar-refractivity contribution >= 4 is 23.7 Å². The van der Waals surface area contributed by atoms with Gasteiger partial charge in [-0.05, 0) is 55.3 Å². The summed E-state index contributed by atoms with van der Waals surface area (Å²) in [6, 6.07) is 6.89. The molecule has 1 fully saturated rings. The first-order valence-electron chi connectivity index (χ1n) is 14.1.